The molecule has 5 nitrogen and oxygen atoms in total. The number of halogens is 1. The van der Waals surface area contributed by atoms with Crippen molar-refractivity contribution in [1.82, 2.24) is 0 Å². The molecule has 2 aromatic rings. The molecule has 0 saturated carbocycles. The highest BCUT2D eigenvalue weighted by molar-refractivity contribution is 8.00. The Balaban J connectivity index is 1.90. The van der Waals surface area contributed by atoms with E-state index in [2.05, 4.69) is 0 Å². The largest absolute Gasteiger partial charge is 0.478 e. The standard InChI is InChI=1S/C18H14ClNO4S/c1-10-12(19)6-4-7-13(10)20-16(21)9-15(17(20)22)25-14-8-3-2-5-11(14)18(23)24/h2-8,15H,9H2,1H3,(H,23,24). The summed E-state index contributed by atoms with van der Waals surface area (Å²) >= 11 is 7.19. The average molecular weight is 376 g/mol. The van der Waals surface area contributed by atoms with Gasteiger partial charge >= 0.3 is 5.97 Å². The quantitative estimate of drug-likeness (QED) is 0.823. The predicted molar refractivity (Wildman–Crippen MR) is 96.3 cm³/mol. The van der Waals surface area contributed by atoms with Crippen molar-refractivity contribution in [3.05, 3.63) is 58.6 Å². The van der Waals surface area contributed by atoms with Gasteiger partial charge in [0.15, 0.2) is 0 Å². The van der Waals surface area contributed by atoms with Crippen LogP contribution in [-0.4, -0.2) is 28.1 Å². The number of amides is 2. The molecule has 0 bridgehead atoms. The number of carbonyl (C=O) groups is 3. The average Bonchev–Trinajstić information content (AvgIpc) is 2.85. The molecule has 1 saturated heterocycles. The fourth-order valence-corrected chi connectivity index (χ4v) is 4.03. The minimum absolute atomic E-state index is 0.0173. The molecule has 0 spiro atoms. The first-order valence-corrected chi connectivity index (χ1v) is 8.77. The fraction of sp³-hybridized carbons (Fsp3) is 0.167. The molecule has 1 atom stereocenters. The zero-order valence-corrected chi connectivity index (χ0v) is 14.8. The van der Waals surface area contributed by atoms with Crippen molar-refractivity contribution in [2.24, 2.45) is 0 Å². The highest BCUT2D eigenvalue weighted by atomic mass is 35.5. The molecule has 0 aromatic heterocycles. The maximum absolute atomic E-state index is 12.8. The van der Waals surface area contributed by atoms with E-state index in [1.165, 1.54) is 6.07 Å². The summed E-state index contributed by atoms with van der Waals surface area (Å²) < 4.78 is 0. The first-order chi connectivity index (χ1) is 11.9. The summed E-state index contributed by atoms with van der Waals surface area (Å²) in [7, 11) is 0. The number of carboxylic acid groups (broad SMARTS) is 1. The molecule has 3 rings (SSSR count). The maximum atomic E-state index is 12.8. The highest BCUT2D eigenvalue weighted by Crippen LogP contribution is 2.37. The second kappa shape index (κ2) is 6.90. The zero-order chi connectivity index (χ0) is 18.1. The second-order valence-corrected chi connectivity index (χ2v) is 7.22. The molecule has 1 fully saturated rings. The number of hydrogen-bond donors (Lipinski definition) is 1. The molecule has 1 heterocycles. The van der Waals surface area contributed by atoms with Gasteiger partial charge in [-0.25, -0.2) is 9.69 Å². The molecule has 1 unspecified atom stereocenters. The highest BCUT2D eigenvalue weighted by Gasteiger charge is 2.41. The number of carbonyl (C=O) groups excluding carboxylic acids is 2. The van der Waals surface area contributed by atoms with Crippen LogP contribution < -0.4 is 4.90 Å². The number of rotatable bonds is 4. The summed E-state index contributed by atoms with van der Waals surface area (Å²) in [6.07, 6.45) is 0.0173. The van der Waals surface area contributed by atoms with Crippen LogP contribution >= 0.6 is 23.4 Å². The number of thioether (sulfide) groups is 1. The second-order valence-electron chi connectivity index (χ2n) is 5.56. The van der Waals surface area contributed by atoms with E-state index in [0.717, 1.165) is 16.7 Å². The fourth-order valence-electron chi connectivity index (χ4n) is 2.69. The number of anilines is 1. The Labute approximate surface area is 153 Å². The molecule has 2 amide bonds. The van der Waals surface area contributed by atoms with Gasteiger partial charge in [-0.2, -0.15) is 0 Å². The smallest absolute Gasteiger partial charge is 0.336 e. The zero-order valence-electron chi connectivity index (χ0n) is 13.2. The topological polar surface area (TPSA) is 74.7 Å². The van der Waals surface area contributed by atoms with E-state index in [0.29, 0.717) is 21.2 Å². The lowest BCUT2D eigenvalue weighted by atomic mass is 10.2. The Morgan fingerprint density at radius 2 is 1.92 bits per heavy atom. The molecule has 7 heteroatoms. The van der Waals surface area contributed by atoms with Gasteiger partial charge in [-0.15, -0.1) is 11.8 Å². The van der Waals surface area contributed by atoms with Crippen molar-refractivity contribution in [3.63, 3.8) is 0 Å². The van der Waals surface area contributed by atoms with E-state index in [4.69, 9.17) is 11.6 Å². The lowest BCUT2D eigenvalue weighted by Gasteiger charge is -2.18. The molecular weight excluding hydrogens is 362 g/mol. The van der Waals surface area contributed by atoms with Gasteiger partial charge in [0, 0.05) is 16.3 Å². The van der Waals surface area contributed by atoms with Crippen molar-refractivity contribution < 1.29 is 19.5 Å². The SMILES string of the molecule is Cc1c(Cl)cccc1N1C(=O)CC(Sc2ccccc2C(=O)O)C1=O. The van der Waals surface area contributed by atoms with E-state index in [9.17, 15) is 19.5 Å². The molecule has 2 aromatic carbocycles. The molecular formula is C18H14ClNO4S. The van der Waals surface area contributed by atoms with Gasteiger partial charge in [-0.3, -0.25) is 9.59 Å². The number of nitrogens with zero attached hydrogens (tertiary/aromatic N) is 1. The van der Waals surface area contributed by atoms with Gasteiger partial charge in [0.2, 0.25) is 11.8 Å². The van der Waals surface area contributed by atoms with Gasteiger partial charge in [0.05, 0.1) is 16.5 Å². The van der Waals surface area contributed by atoms with Crippen molar-refractivity contribution in [2.45, 2.75) is 23.5 Å². The summed E-state index contributed by atoms with van der Waals surface area (Å²) in [5, 5.41) is 9.08. The summed E-state index contributed by atoms with van der Waals surface area (Å²) in [6.45, 7) is 1.75. The number of carboxylic acids is 1. The molecule has 128 valence electrons. The molecule has 1 aliphatic heterocycles. The van der Waals surface area contributed by atoms with Crippen molar-refractivity contribution >= 4 is 46.8 Å². The van der Waals surface area contributed by atoms with Crippen LogP contribution in [0.15, 0.2) is 47.4 Å². The minimum Gasteiger partial charge on any atom is -0.478 e. The Morgan fingerprint density at radius 3 is 2.64 bits per heavy atom. The molecule has 1 N–H and O–H groups in total. The number of benzene rings is 2. The van der Waals surface area contributed by atoms with Crippen LogP contribution in [0.5, 0.6) is 0 Å². The number of aromatic carboxylic acids is 1. The Bertz CT molecular complexity index is 883. The number of imide groups is 1. The van der Waals surface area contributed by atoms with Crippen LogP contribution in [0.25, 0.3) is 0 Å². The first kappa shape index (κ1) is 17.5. The van der Waals surface area contributed by atoms with E-state index in [1.54, 1.807) is 43.3 Å². The van der Waals surface area contributed by atoms with Crippen LogP contribution in [-0.2, 0) is 9.59 Å². The lowest BCUT2D eigenvalue weighted by Crippen LogP contribution is -2.31. The predicted octanol–water partition coefficient (Wildman–Crippen LogP) is 3.77. The Hall–Kier alpha value is -2.31. The Morgan fingerprint density at radius 1 is 1.20 bits per heavy atom. The van der Waals surface area contributed by atoms with Crippen LogP contribution in [0.1, 0.15) is 22.3 Å². The monoisotopic (exact) mass is 375 g/mol. The van der Waals surface area contributed by atoms with Gasteiger partial charge in [-0.1, -0.05) is 29.8 Å². The van der Waals surface area contributed by atoms with Crippen LogP contribution in [0.2, 0.25) is 5.02 Å². The van der Waals surface area contributed by atoms with Crippen LogP contribution in [0.4, 0.5) is 5.69 Å². The van der Waals surface area contributed by atoms with E-state index >= 15 is 0 Å². The van der Waals surface area contributed by atoms with Crippen LogP contribution in [0.3, 0.4) is 0 Å². The van der Waals surface area contributed by atoms with E-state index < -0.39 is 11.2 Å². The van der Waals surface area contributed by atoms with E-state index in [-0.39, 0.29) is 23.8 Å². The molecule has 1 aliphatic rings. The molecule has 0 aliphatic carbocycles. The third-order valence-corrected chi connectivity index (χ3v) is 5.64. The summed E-state index contributed by atoms with van der Waals surface area (Å²) in [4.78, 5) is 38.1. The third kappa shape index (κ3) is 3.27. The molecule has 25 heavy (non-hydrogen) atoms. The molecule has 0 radical (unpaired) electrons. The minimum atomic E-state index is -1.07. The third-order valence-electron chi connectivity index (χ3n) is 3.97. The lowest BCUT2D eigenvalue weighted by molar-refractivity contribution is -0.121. The van der Waals surface area contributed by atoms with Crippen LogP contribution in [0, 0.1) is 6.92 Å². The maximum Gasteiger partial charge on any atom is 0.336 e. The van der Waals surface area contributed by atoms with Gasteiger partial charge in [0.25, 0.3) is 0 Å². The Kier molecular flexibility index (Phi) is 4.83. The van der Waals surface area contributed by atoms with Gasteiger partial charge < -0.3 is 5.11 Å². The number of hydrogen-bond acceptors (Lipinski definition) is 4. The first-order valence-electron chi connectivity index (χ1n) is 7.51. The van der Waals surface area contributed by atoms with Crippen molar-refractivity contribution in [3.8, 4) is 0 Å². The normalized spacial score (nSPS) is 17.2. The summed E-state index contributed by atoms with van der Waals surface area (Å²) in [6, 6.07) is 11.5. The summed E-state index contributed by atoms with van der Waals surface area (Å²) in [5.74, 6) is -1.75. The van der Waals surface area contributed by atoms with Crippen molar-refractivity contribution in [2.75, 3.05) is 4.90 Å². The van der Waals surface area contributed by atoms with Gasteiger partial charge in [0.1, 0.15) is 0 Å². The summed E-state index contributed by atoms with van der Waals surface area (Å²) in [5.41, 5.74) is 1.24. The van der Waals surface area contributed by atoms with E-state index in [1.807, 2.05) is 0 Å². The van der Waals surface area contributed by atoms with Gasteiger partial charge in [-0.05, 0) is 36.8 Å². The van der Waals surface area contributed by atoms with Crippen molar-refractivity contribution in [1.29, 1.82) is 0 Å².